The van der Waals surface area contributed by atoms with Crippen LogP contribution in [0.4, 0.5) is 11.4 Å². The van der Waals surface area contributed by atoms with Gasteiger partial charge >= 0.3 is 0 Å². The highest BCUT2D eigenvalue weighted by Gasteiger charge is 2.17. The monoisotopic (exact) mass is 437 g/mol. The maximum atomic E-state index is 4.82. The average molecular weight is 438 g/mol. The molecule has 2 aromatic heterocycles. The van der Waals surface area contributed by atoms with Crippen molar-refractivity contribution < 1.29 is 0 Å². The molecule has 0 aliphatic carbocycles. The van der Waals surface area contributed by atoms with Crippen LogP contribution in [-0.2, 0) is 6.54 Å². The fourth-order valence-electron chi connectivity index (χ4n) is 4.48. The second kappa shape index (κ2) is 8.26. The summed E-state index contributed by atoms with van der Waals surface area (Å²) in [5.74, 6) is 0.789. The average Bonchev–Trinajstić information content (AvgIpc) is 3.47. The number of aromatic nitrogens is 4. The Morgan fingerprint density at radius 1 is 0.909 bits per heavy atom. The molecule has 0 saturated carbocycles. The lowest BCUT2D eigenvalue weighted by atomic mass is 10.1. The van der Waals surface area contributed by atoms with Gasteiger partial charge in [-0.15, -0.1) is 0 Å². The molecule has 0 radical (unpaired) electrons. The van der Waals surface area contributed by atoms with Gasteiger partial charge in [0.1, 0.15) is 5.69 Å². The van der Waals surface area contributed by atoms with E-state index in [0.717, 1.165) is 71.9 Å². The van der Waals surface area contributed by atoms with Crippen molar-refractivity contribution in [2.45, 2.75) is 6.54 Å². The molecule has 0 spiro atoms. The Bertz CT molecular complexity index is 1390. The van der Waals surface area contributed by atoms with Crippen molar-refractivity contribution in [3.05, 3.63) is 72.3 Å². The number of nitrogens with zero attached hydrogens (tertiary/aromatic N) is 4. The summed E-state index contributed by atoms with van der Waals surface area (Å²) < 4.78 is 0. The van der Waals surface area contributed by atoms with Crippen LogP contribution in [0.25, 0.3) is 33.5 Å². The van der Waals surface area contributed by atoms with Crippen molar-refractivity contribution in [3.8, 4) is 11.5 Å². The molecule has 7 heteroatoms. The Kier molecular flexibility index (Phi) is 4.96. The molecule has 3 heterocycles. The minimum Gasteiger partial charge on any atom is -0.381 e. The van der Waals surface area contributed by atoms with E-state index in [-0.39, 0.29) is 0 Å². The number of piperazine rings is 1. The minimum absolute atomic E-state index is 0.784. The Labute approximate surface area is 192 Å². The molecule has 0 unspecified atom stereocenters. The number of H-pyrrole nitrogens is 2. The van der Waals surface area contributed by atoms with Crippen LogP contribution in [0.1, 0.15) is 5.56 Å². The molecule has 0 amide bonds. The normalized spacial score (nSPS) is 14.9. The van der Waals surface area contributed by atoms with Crippen LogP contribution in [0.5, 0.6) is 0 Å². The van der Waals surface area contributed by atoms with Gasteiger partial charge < -0.3 is 20.1 Å². The van der Waals surface area contributed by atoms with Gasteiger partial charge in [0.25, 0.3) is 0 Å². The number of hydrogen-bond donors (Lipinski definition) is 3. The first-order chi connectivity index (χ1) is 16.2. The number of hydrogen-bond acceptors (Lipinski definition) is 5. The Morgan fingerprint density at radius 3 is 2.61 bits per heavy atom. The minimum atomic E-state index is 0.784. The molecule has 3 aromatic carbocycles. The predicted molar refractivity (Wildman–Crippen MR) is 135 cm³/mol. The molecule has 1 saturated heterocycles. The van der Waals surface area contributed by atoms with Gasteiger partial charge in [-0.3, -0.25) is 5.10 Å². The third-order valence-corrected chi connectivity index (χ3v) is 6.46. The lowest BCUT2D eigenvalue weighted by Gasteiger charge is -2.34. The van der Waals surface area contributed by atoms with E-state index in [4.69, 9.17) is 4.98 Å². The zero-order chi connectivity index (χ0) is 22.2. The number of imidazole rings is 1. The molecule has 3 N–H and O–H groups in total. The summed E-state index contributed by atoms with van der Waals surface area (Å²) >= 11 is 0. The summed E-state index contributed by atoms with van der Waals surface area (Å²) in [6.07, 6.45) is 0. The molecule has 0 atom stereocenters. The maximum absolute atomic E-state index is 4.82. The van der Waals surface area contributed by atoms with Crippen molar-refractivity contribution >= 4 is 33.3 Å². The summed E-state index contributed by atoms with van der Waals surface area (Å²) in [6.45, 7) is 5.06. The van der Waals surface area contributed by atoms with Crippen molar-refractivity contribution in [2.24, 2.45) is 0 Å². The first-order valence-electron chi connectivity index (χ1n) is 11.4. The van der Waals surface area contributed by atoms with Crippen LogP contribution in [0.3, 0.4) is 0 Å². The van der Waals surface area contributed by atoms with Gasteiger partial charge in [0.15, 0.2) is 5.82 Å². The second-order valence-electron chi connectivity index (χ2n) is 8.75. The standard InChI is InChI=1S/C26H27N7/c1-32-11-13-33(14-12-32)20-8-10-22-24(16-20)29-26(28-22)25-21-9-7-19(15-23(21)30-31-25)27-17-18-5-3-2-4-6-18/h2-10,15-16,27H,11-14,17H2,1H3,(H,28,29)(H,30,31). The van der Waals surface area contributed by atoms with E-state index >= 15 is 0 Å². The third kappa shape index (κ3) is 3.91. The molecule has 0 bridgehead atoms. The van der Waals surface area contributed by atoms with Gasteiger partial charge in [0.05, 0.1) is 16.6 Å². The first kappa shape index (κ1) is 19.8. The summed E-state index contributed by atoms with van der Waals surface area (Å²) in [7, 11) is 2.18. The Balaban J connectivity index is 1.25. The summed E-state index contributed by atoms with van der Waals surface area (Å²) in [6, 6.07) is 23.2. The number of anilines is 2. The lowest BCUT2D eigenvalue weighted by molar-refractivity contribution is 0.313. The fourth-order valence-corrected chi connectivity index (χ4v) is 4.48. The zero-order valence-electron chi connectivity index (χ0n) is 18.7. The van der Waals surface area contributed by atoms with E-state index in [9.17, 15) is 0 Å². The van der Waals surface area contributed by atoms with Crippen molar-refractivity contribution in [1.29, 1.82) is 0 Å². The molecule has 7 nitrogen and oxygen atoms in total. The van der Waals surface area contributed by atoms with Gasteiger partial charge in [0, 0.05) is 49.5 Å². The molecular weight excluding hydrogens is 410 g/mol. The molecule has 1 aliphatic rings. The van der Waals surface area contributed by atoms with Gasteiger partial charge in [-0.25, -0.2) is 4.98 Å². The lowest BCUT2D eigenvalue weighted by Crippen LogP contribution is -2.44. The SMILES string of the molecule is CN1CCN(c2ccc3nc(-c4n[nH]c5cc(NCc6ccccc6)ccc45)[nH]c3c2)CC1. The van der Waals surface area contributed by atoms with E-state index < -0.39 is 0 Å². The molecule has 1 aliphatic heterocycles. The van der Waals surface area contributed by atoms with Crippen LogP contribution in [0, 0.1) is 0 Å². The van der Waals surface area contributed by atoms with Gasteiger partial charge in [-0.05, 0) is 49.0 Å². The third-order valence-electron chi connectivity index (χ3n) is 6.46. The van der Waals surface area contributed by atoms with Crippen LogP contribution < -0.4 is 10.2 Å². The summed E-state index contributed by atoms with van der Waals surface area (Å²) in [5.41, 5.74) is 7.38. The van der Waals surface area contributed by atoms with Gasteiger partial charge in [-0.1, -0.05) is 30.3 Å². The largest absolute Gasteiger partial charge is 0.381 e. The summed E-state index contributed by atoms with van der Waals surface area (Å²) in [5, 5.41) is 12.3. The van der Waals surface area contributed by atoms with E-state index in [0.29, 0.717) is 0 Å². The quantitative estimate of drug-likeness (QED) is 0.378. The number of fused-ring (bicyclic) bond motifs is 2. The molecule has 166 valence electrons. The van der Waals surface area contributed by atoms with Gasteiger partial charge in [0.2, 0.25) is 0 Å². The van der Waals surface area contributed by atoms with Crippen molar-refractivity contribution in [3.63, 3.8) is 0 Å². The topological polar surface area (TPSA) is 75.9 Å². The number of likely N-dealkylation sites (N-methyl/N-ethyl adjacent to an activating group) is 1. The highest BCUT2D eigenvalue weighted by Crippen LogP contribution is 2.29. The van der Waals surface area contributed by atoms with Crippen molar-refractivity contribution in [2.75, 3.05) is 43.4 Å². The highest BCUT2D eigenvalue weighted by molar-refractivity contribution is 5.95. The predicted octanol–water partition coefficient (Wildman–Crippen LogP) is 4.47. The van der Waals surface area contributed by atoms with E-state index in [2.05, 4.69) is 98.0 Å². The van der Waals surface area contributed by atoms with E-state index in [1.165, 1.54) is 11.3 Å². The second-order valence-corrected chi connectivity index (χ2v) is 8.75. The number of aromatic amines is 2. The van der Waals surface area contributed by atoms with Crippen LogP contribution >= 0.6 is 0 Å². The van der Waals surface area contributed by atoms with E-state index in [1.807, 2.05) is 6.07 Å². The summed E-state index contributed by atoms with van der Waals surface area (Å²) in [4.78, 5) is 13.1. The molecule has 5 aromatic rings. The van der Waals surface area contributed by atoms with E-state index in [1.54, 1.807) is 0 Å². The molecule has 6 rings (SSSR count). The Hall–Kier alpha value is -3.84. The zero-order valence-corrected chi connectivity index (χ0v) is 18.7. The smallest absolute Gasteiger partial charge is 0.159 e. The van der Waals surface area contributed by atoms with Gasteiger partial charge in [-0.2, -0.15) is 5.10 Å². The molecule has 1 fully saturated rings. The molecule has 33 heavy (non-hydrogen) atoms. The number of benzene rings is 3. The maximum Gasteiger partial charge on any atom is 0.159 e. The number of rotatable bonds is 5. The van der Waals surface area contributed by atoms with Crippen LogP contribution in [-0.4, -0.2) is 58.3 Å². The van der Waals surface area contributed by atoms with Crippen LogP contribution in [0.15, 0.2) is 66.7 Å². The van der Waals surface area contributed by atoms with Crippen LogP contribution in [0.2, 0.25) is 0 Å². The highest BCUT2D eigenvalue weighted by atomic mass is 15.2. The molecular formula is C26H27N7. The fraction of sp³-hybridized carbons (Fsp3) is 0.231. The van der Waals surface area contributed by atoms with Crippen molar-refractivity contribution in [1.82, 2.24) is 25.1 Å². The Morgan fingerprint density at radius 2 is 1.76 bits per heavy atom. The first-order valence-corrected chi connectivity index (χ1v) is 11.4. The number of nitrogens with one attached hydrogen (secondary N) is 3.